The van der Waals surface area contributed by atoms with E-state index in [0.29, 0.717) is 0 Å². The minimum atomic E-state index is -1.08. The summed E-state index contributed by atoms with van der Waals surface area (Å²) in [5.74, 6) is -1.56. The molecule has 5 nitrogen and oxygen atoms in total. The minimum Gasteiger partial charge on any atom is -0.478 e. The van der Waals surface area contributed by atoms with Gasteiger partial charge in [0.1, 0.15) is 0 Å². The molecule has 0 aromatic heterocycles. The summed E-state index contributed by atoms with van der Waals surface area (Å²) in [5, 5.41) is 8.24. The molecule has 1 fully saturated rings. The molecule has 0 aromatic carbocycles. The van der Waals surface area contributed by atoms with Gasteiger partial charge in [0.15, 0.2) is 0 Å². The van der Waals surface area contributed by atoms with Gasteiger partial charge in [0.25, 0.3) is 0 Å². The van der Waals surface area contributed by atoms with E-state index >= 15 is 0 Å². The summed E-state index contributed by atoms with van der Waals surface area (Å²) < 4.78 is 0. The number of carbonyl (C=O) groups is 3. The van der Waals surface area contributed by atoms with Crippen molar-refractivity contribution in [2.75, 3.05) is 6.54 Å². The van der Waals surface area contributed by atoms with E-state index in [-0.39, 0.29) is 31.2 Å². The van der Waals surface area contributed by atoms with E-state index < -0.39 is 5.97 Å². The predicted molar refractivity (Wildman–Crippen MR) is 42.7 cm³/mol. The first-order valence-electron chi connectivity index (χ1n) is 3.84. The average molecular weight is 183 g/mol. The Kier molecular flexibility index (Phi) is 2.79. The Hall–Kier alpha value is -1.65. The van der Waals surface area contributed by atoms with E-state index in [9.17, 15) is 14.4 Å². The molecule has 0 atom stereocenters. The summed E-state index contributed by atoms with van der Waals surface area (Å²) in [5.41, 5.74) is 0. The first-order valence-corrected chi connectivity index (χ1v) is 3.84. The topological polar surface area (TPSA) is 74.7 Å². The fourth-order valence-corrected chi connectivity index (χ4v) is 1.09. The number of carboxylic acid groups (broad SMARTS) is 1. The second-order valence-electron chi connectivity index (χ2n) is 2.64. The zero-order valence-electron chi connectivity index (χ0n) is 6.90. The highest BCUT2D eigenvalue weighted by Gasteiger charge is 2.27. The number of amides is 2. The maximum atomic E-state index is 11.0. The van der Waals surface area contributed by atoms with E-state index in [0.717, 1.165) is 11.0 Å². The highest BCUT2D eigenvalue weighted by molar-refractivity contribution is 6.02. The molecule has 0 bridgehead atoms. The van der Waals surface area contributed by atoms with Gasteiger partial charge in [0.05, 0.1) is 0 Å². The third-order valence-electron chi connectivity index (χ3n) is 1.70. The van der Waals surface area contributed by atoms with Crippen molar-refractivity contribution in [2.24, 2.45) is 0 Å². The molecule has 1 heterocycles. The fourth-order valence-electron chi connectivity index (χ4n) is 1.09. The molecule has 2 amide bonds. The van der Waals surface area contributed by atoms with E-state index in [1.165, 1.54) is 6.08 Å². The summed E-state index contributed by atoms with van der Waals surface area (Å²) in [6.45, 7) is 0.0595. The zero-order chi connectivity index (χ0) is 9.84. The second kappa shape index (κ2) is 3.84. The maximum absolute atomic E-state index is 11.0. The van der Waals surface area contributed by atoms with Crippen LogP contribution in [0.15, 0.2) is 12.2 Å². The van der Waals surface area contributed by atoms with Gasteiger partial charge >= 0.3 is 5.97 Å². The van der Waals surface area contributed by atoms with Crippen molar-refractivity contribution in [3.8, 4) is 0 Å². The molecule has 0 spiro atoms. The number of likely N-dealkylation sites (tertiary alicyclic amines) is 1. The van der Waals surface area contributed by atoms with Gasteiger partial charge in [-0.3, -0.25) is 14.5 Å². The van der Waals surface area contributed by atoms with Crippen molar-refractivity contribution in [2.45, 2.75) is 12.8 Å². The van der Waals surface area contributed by atoms with Crippen molar-refractivity contribution in [1.82, 2.24) is 4.90 Å². The number of carbonyl (C=O) groups excluding carboxylic acids is 2. The zero-order valence-corrected chi connectivity index (χ0v) is 6.90. The number of hydrogen-bond acceptors (Lipinski definition) is 3. The molecule has 0 saturated carbocycles. The lowest BCUT2D eigenvalue weighted by atomic mass is 10.4. The van der Waals surface area contributed by atoms with Gasteiger partial charge in [0.2, 0.25) is 11.8 Å². The normalized spacial score (nSPS) is 17.4. The predicted octanol–water partition coefficient (Wildman–Crippen LogP) is -0.224. The second-order valence-corrected chi connectivity index (χ2v) is 2.64. The number of hydrogen-bond donors (Lipinski definition) is 1. The molecule has 13 heavy (non-hydrogen) atoms. The van der Waals surface area contributed by atoms with Crippen LogP contribution in [0.2, 0.25) is 0 Å². The number of nitrogens with zero attached hydrogens (tertiary/aromatic N) is 1. The van der Waals surface area contributed by atoms with Crippen LogP contribution in [0, 0.1) is 0 Å². The van der Waals surface area contributed by atoms with E-state index in [2.05, 4.69) is 0 Å². The Morgan fingerprint density at radius 2 is 1.92 bits per heavy atom. The Balaban J connectivity index is 2.49. The standard InChI is InChI=1S/C8H9NO4/c10-6-3-4-7(11)9(6)5-1-2-8(12)13/h1-2H,3-5H2,(H,12,13)/b2-1+. The van der Waals surface area contributed by atoms with Crippen LogP contribution < -0.4 is 0 Å². The van der Waals surface area contributed by atoms with Crippen molar-refractivity contribution < 1.29 is 19.5 Å². The molecular weight excluding hydrogens is 174 g/mol. The van der Waals surface area contributed by atoms with Gasteiger partial charge < -0.3 is 5.11 Å². The average Bonchev–Trinajstić information content (AvgIpc) is 2.34. The summed E-state index contributed by atoms with van der Waals surface area (Å²) in [6.07, 6.45) is 2.67. The Morgan fingerprint density at radius 3 is 2.38 bits per heavy atom. The van der Waals surface area contributed by atoms with Crippen molar-refractivity contribution in [1.29, 1.82) is 0 Å². The summed E-state index contributed by atoms with van der Waals surface area (Å²) in [7, 11) is 0. The van der Waals surface area contributed by atoms with Crippen LogP contribution in [0.25, 0.3) is 0 Å². The van der Waals surface area contributed by atoms with Crippen LogP contribution in [0.1, 0.15) is 12.8 Å². The van der Waals surface area contributed by atoms with Crippen molar-refractivity contribution in [3.63, 3.8) is 0 Å². The molecule has 1 N–H and O–H groups in total. The quantitative estimate of drug-likeness (QED) is 0.484. The first kappa shape index (κ1) is 9.44. The molecular formula is C8H9NO4. The van der Waals surface area contributed by atoms with Crippen LogP contribution in [0.3, 0.4) is 0 Å². The largest absolute Gasteiger partial charge is 0.478 e. The molecule has 1 rings (SSSR count). The number of rotatable bonds is 3. The third kappa shape index (κ3) is 2.40. The lowest BCUT2D eigenvalue weighted by Gasteiger charge is -2.09. The van der Waals surface area contributed by atoms with Crippen LogP contribution in [-0.2, 0) is 14.4 Å². The van der Waals surface area contributed by atoms with E-state index in [1.807, 2.05) is 0 Å². The molecule has 1 saturated heterocycles. The van der Waals surface area contributed by atoms with Crippen LogP contribution in [-0.4, -0.2) is 34.3 Å². The van der Waals surface area contributed by atoms with Crippen LogP contribution in [0.5, 0.6) is 0 Å². The molecule has 0 radical (unpaired) electrons. The summed E-state index contributed by atoms with van der Waals surface area (Å²) in [4.78, 5) is 33.1. The monoisotopic (exact) mass is 183 g/mol. The molecule has 0 unspecified atom stereocenters. The first-order chi connectivity index (χ1) is 6.11. The molecule has 0 aliphatic carbocycles. The number of carboxylic acids is 1. The number of imide groups is 1. The Bertz CT molecular complexity index is 266. The highest BCUT2D eigenvalue weighted by Crippen LogP contribution is 2.10. The maximum Gasteiger partial charge on any atom is 0.328 e. The third-order valence-corrected chi connectivity index (χ3v) is 1.70. The van der Waals surface area contributed by atoms with Crippen molar-refractivity contribution in [3.05, 3.63) is 12.2 Å². The SMILES string of the molecule is O=C(O)/C=C/CN1C(=O)CCC1=O. The van der Waals surface area contributed by atoms with E-state index in [1.54, 1.807) is 0 Å². The van der Waals surface area contributed by atoms with Gasteiger partial charge in [-0.15, -0.1) is 0 Å². The van der Waals surface area contributed by atoms with Gasteiger partial charge in [-0.2, -0.15) is 0 Å². The Labute approximate surface area is 74.6 Å². The molecule has 5 heteroatoms. The highest BCUT2D eigenvalue weighted by atomic mass is 16.4. The van der Waals surface area contributed by atoms with Gasteiger partial charge in [0, 0.05) is 25.5 Å². The molecule has 0 aromatic rings. The Morgan fingerprint density at radius 1 is 1.38 bits per heavy atom. The summed E-state index contributed by atoms with van der Waals surface area (Å²) in [6, 6.07) is 0. The smallest absolute Gasteiger partial charge is 0.328 e. The number of aliphatic carboxylic acids is 1. The lowest BCUT2D eigenvalue weighted by molar-refractivity contribution is -0.138. The van der Waals surface area contributed by atoms with Gasteiger partial charge in [-0.25, -0.2) is 4.79 Å². The molecule has 1 aliphatic rings. The van der Waals surface area contributed by atoms with Crippen molar-refractivity contribution >= 4 is 17.8 Å². The summed E-state index contributed by atoms with van der Waals surface area (Å²) >= 11 is 0. The van der Waals surface area contributed by atoms with Crippen LogP contribution >= 0.6 is 0 Å². The molecule has 1 aliphatic heterocycles. The lowest BCUT2D eigenvalue weighted by Crippen LogP contribution is -2.29. The van der Waals surface area contributed by atoms with Gasteiger partial charge in [-0.05, 0) is 0 Å². The molecule has 70 valence electrons. The minimum absolute atomic E-state index is 0.0595. The van der Waals surface area contributed by atoms with Crippen LogP contribution in [0.4, 0.5) is 0 Å². The van der Waals surface area contributed by atoms with E-state index in [4.69, 9.17) is 5.11 Å². The van der Waals surface area contributed by atoms with Gasteiger partial charge in [-0.1, -0.05) is 6.08 Å². The fraction of sp³-hybridized carbons (Fsp3) is 0.375.